The molecule has 1 heterocycles. The second-order valence-electron chi connectivity index (χ2n) is 6.02. The van der Waals surface area contributed by atoms with Crippen molar-refractivity contribution in [3.8, 4) is 0 Å². The molecule has 2 aromatic carbocycles. The summed E-state index contributed by atoms with van der Waals surface area (Å²) in [7, 11) is -0.0202. The van der Waals surface area contributed by atoms with E-state index in [9.17, 15) is 0 Å². The van der Waals surface area contributed by atoms with Crippen molar-refractivity contribution in [1.82, 2.24) is 0 Å². The topological polar surface area (TPSA) is 0 Å². The van der Waals surface area contributed by atoms with Crippen LogP contribution in [0.2, 0.25) is 0 Å². The van der Waals surface area contributed by atoms with Gasteiger partial charge in [0.1, 0.15) is 0 Å². The Balaban J connectivity index is 1.88. The van der Waals surface area contributed by atoms with Crippen LogP contribution in [0, 0.1) is 0 Å². The van der Waals surface area contributed by atoms with Gasteiger partial charge in [-0.2, -0.15) is 0 Å². The summed E-state index contributed by atoms with van der Waals surface area (Å²) in [6.45, 7) is 2.50. The predicted octanol–water partition coefficient (Wildman–Crippen LogP) is 5.60. The average molecular weight is 278 g/mol. The van der Waals surface area contributed by atoms with E-state index in [0.29, 0.717) is 5.16 Å². The molecular formula is C19H19P. The standard InChI is InChI=1S/C19H19P/c1-20-18(16-10-6-3-7-11-16)17(14-19(20)12-13-19)15-8-4-2-5-9-15/h2-11H,12-14H2,1H3. The van der Waals surface area contributed by atoms with Crippen LogP contribution >= 0.6 is 7.92 Å². The molecule has 4 rings (SSSR count). The maximum absolute atomic E-state index is 2.50. The van der Waals surface area contributed by atoms with Gasteiger partial charge in [0.2, 0.25) is 0 Å². The lowest BCUT2D eigenvalue weighted by Gasteiger charge is -2.18. The van der Waals surface area contributed by atoms with E-state index < -0.39 is 0 Å². The Morgan fingerprint density at radius 3 is 1.90 bits per heavy atom. The quantitative estimate of drug-likeness (QED) is 0.627. The Kier molecular flexibility index (Phi) is 2.82. The van der Waals surface area contributed by atoms with Crippen LogP contribution < -0.4 is 0 Å². The van der Waals surface area contributed by atoms with E-state index in [2.05, 4.69) is 67.3 Å². The minimum Gasteiger partial charge on any atom is -0.0708 e. The number of rotatable bonds is 2. The fraction of sp³-hybridized carbons (Fsp3) is 0.263. The minimum absolute atomic E-state index is 0.0202. The van der Waals surface area contributed by atoms with E-state index in [1.54, 1.807) is 10.9 Å². The molecule has 20 heavy (non-hydrogen) atoms. The van der Waals surface area contributed by atoms with Crippen molar-refractivity contribution < 1.29 is 0 Å². The fourth-order valence-electron chi connectivity index (χ4n) is 3.47. The molecule has 0 aromatic heterocycles. The largest absolute Gasteiger partial charge is 0.0708 e. The van der Waals surface area contributed by atoms with Gasteiger partial charge in [0, 0.05) is 0 Å². The molecule has 0 amide bonds. The Morgan fingerprint density at radius 2 is 1.35 bits per heavy atom. The Labute approximate surface area is 122 Å². The predicted molar refractivity (Wildman–Crippen MR) is 89.1 cm³/mol. The number of hydrogen-bond acceptors (Lipinski definition) is 0. The van der Waals surface area contributed by atoms with Crippen molar-refractivity contribution in [2.75, 3.05) is 6.66 Å². The first-order chi connectivity index (χ1) is 9.80. The van der Waals surface area contributed by atoms with Gasteiger partial charge in [0.15, 0.2) is 0 Å². The molecule has 2 aromatic rings. The molecule has 1 unspecified atom stereocenters. The summed E-state index contributed by atoms with van der Waals surface area (Å²) in [6.07, 6.45) is 4.16. The zero-order valence-corrected chi connectivity index (χ0v) is 12.7. The van der Waals surface area contributed by atoms with Gasteiger partial charge in [-0.3, -0.25) is 0 Å². The minimum atomic E-state index is -0.0202. The lowest BCUT2D eigenvalue weighted by atomic mass is 9.98. The smallest absolute Gasteiger partial charge is 0.00151 e. The maximum Gasteiger partial charge on any atom is -0.00151 e. The summed E-state index contributed by atoms with van der Waals surface area (Å²) in [5, 5.41) is 2.30. The second-order valence-corrected chi connectivity index (χ2v) is 8.53. The molecule has 0 saturated heterocycles. The van der Waals surface area contributed by atoms with E-state index >= 15 is 0 Å². The highest BCUT2D eigenvalue weighted by atomic mass is 31.1. The van der Waals surface area contributed by atoms with Gasteiger partial charge in [-0.05, 0) is 53.1 Å². The van der Waals surface area contributed by atoms with Gasteiger partial charge in [-0.15, -0.1) is 0 Å². The van der Waals surface area contributed by atoms with E-state index in [0.717, 1.165) is 0 Å². The molecule has 1 aliphatic heterocycles. The highest BCUT2D eigenvalue weighted by Gasteiger charge is 2.53. The summed E-state index contributed by atoms with van der Waals surface area (Å²) in [5.74, 6) is 0. The Bertz CT molecular complexity index is 651. The molecule has 0 radical (unpaired) electrons. The number of allylic oxidation sites excluding steroid dienone is 1. The van der Waals surface area contributed by atoms with Crippen LogP contribution in [0.1, 0.15) is 30.4 Å². The number of hydrogen-bond donors (Lipinski definition) is 0. The van der Waals surface area contributed by atoms with Gasteiger partial charge in [-0.25, -0.2) is 0 Å². The molecule has 1 fully saturated rings. The molecule has 0 N–H and O–H groups in total. The Morgan fingerprint density at radius 1 is 0.800 bits per heavy atom. The highest BCUT2D eigenvalue weighted by Crippen LogP contribution is 2.77. The summed E-state index contributed by atoms with van der Waals surface area (Å²) < 4.78 is 0. The second kappa shape index (κ2) is 4.57. The third-order valence-corrected chi connectivity index (χ3v) is 8.06. The van der Waals surface area contributed by atoms with Crippen LogP contribution in [0.25, 0.3) is 10.9 Å². The van der Waals surface area contributed by atoms with Crippen molar-refractivity contribution in [3.63, 3.8) is 0 Å². The third-order valence-electron chi connectivity index (χ3n) is 4.84. The highest BCUT2D eigenvalue weighted by molar-refractivity contribution is 7.70. The SMILES string of the molecule is CP1C(c2ccccc2)=C(c2ccccc2)CC12CC2. The Hall–Kier alpha value is -1.39. The first kappa shape index (κ1) is 12.4. The van der Waals surface area contributed by atoms with Gasteiger partial charge < -0.3 is 0 Å². The van der Waals surface area contributed by atoms with E-state index in [-0.39, 0.29) is 7.92 Å². The van der Waals surface area contributed by atoms with Gasteiger partial charge >= 0.3 is 0 Å². The first-order valence-corrected chi connectivity index (χ1v) is 9.17. The molecule has 1 atom stereocenters. The molecule has 1 heteroatoms. The van der Waals surface area contributed by atoms with Crippen molar-refractivity contribution in [1.29, 1.82) is 0 Å². The van der Waals surface area contributed by atoms with Crippen LogP contribution in [-0.2, 0) is 0 Å². The molecule has 1 saturated carbocycles. The third kappa shape index (κ3) is 1.86. The van der Waals surface area contributed by atoms with E-state index in [1.165, 1.54) is 30.4 Å². The molecule has 0 bridgehead atoms. The summed E-state index contributed by atoms with van der Waals surface area (Å²) in [4.78, 5) is 0. The molecule has 100 valence electrons. The van der Waals surface area contributed by atoms with Crippen molar-refractivity contribution in [2.45, 2.75) is 24.4 Å². The maximum atomic E-state index is 2.50. The van der Waals surface area contributed by atoms with E-state index in [1.807, 2.05) is 0 Å². The fourth-order valence-corrected chi connectivity index (χ4v) is 6.27. The molecule has 1 aliphatic carbocycles. The van der Waals surface area contributed by atoms with Crippen LogP contribution in [-0.4, -0.2) is 11.8 Å². The van der Waals surface area contributed by atoms with Crippen LogP contribution in [0.15, 0.2) is 60.7 Å². The molecule has 0 nitrogen and oxygen atoms in total. The lowest BCUT2D eigenvalue weighted by molar-refractivity contribution is 0.941. The van der Waals surface area contributed by atoms with Crippen molar-refractivity contribution in [3.05, 3.63) is 71.8 Å². The zero-order valence-electron chi connectivity index (χ0n) is 11.8. The normalized spacial score (nSPS) is 23.4. The molecule has 1 spiro atoms. The zero-order chi connectivity index (χ0) is 13.6. The van der Waals surface area contributed by atoms with Crippen molar-refractivity contribution in [2.24, 2.45) is 0 Å². The summed E-state index contributed by atoms with van der Waals surface area (Å²) >= 11 is 0. The van der Waals surface area contributed by atoms with Gasteiger partial charge in [0.25, 0.3) is 0 Å². The van der Waals surface area contributed by atoms with Crippen LogP contribution in [0.3, 0.4) is 0 Å². The first-order valence-electron chi connectivity index (χ1n) is 7.38. The lowest BCUT2D eigenvalue weighted by Crippen LogP contribution is -1.99. The van der Waals surface area contributed by atoms with Crippen LogP contribution in [0.4, 0.5) is 0 Å². The van der Waals surface area contributed by atoms with Gasteiger partial charge in [0.05, 0.1) is 0 Å². The summed E-state index contributed by atoms with van der Waals surface area (Å²) in [6, 6.07) is 22.1. The number of benzene rings is 2. The monoisotopic (exact) mass is 278 g/mol. The molecular weight excluding hydrogens is 259 g/mol. The molecule has 2 aliphatic rings. The van der Waals surface area contributed by atoms with Crippen LogP contribution in [0.5, 0.6) is 0 Å². The summed E-state index contributed by atoms with van der Waals surface area (Å²) in [5.41, 5.74) is 4.50. The van der Waals surface area contributed by atoms with Crippen molar-refractivity contribution >= 4 is 18.8 Å². The van der Waals surface area contributed by atoms with E-state index in [4.69, 9.17) is 0 Å². The average Bonchev–Trinajstić information content (AvgIpc) is 3.23. The van der Waals surface area contributed by atoms with Gasteiger partial charge in [-0.1, -0.05) is 68.6 Å².